The number of likely N-dealkylation sites (N-methyl/N-ethyl adjacent to an activating group) is 1. The molecule has 6 heteroatoms. The Bertz CT molecular complexity index is 647. The second-order valence-electron chi connectivity index (χ2n) is 8.03. The van der Waals surface area contributed by atoms with Crippen molar-refractivity contribution < 1.29 is 14.3 Å². The van der Waals surface area contributed by atoms with Crippen molar-refractivity contribution in [3.8, 4) is 5.75 Å². The summed E-state index contributed by atoms with van der Waals surface area (Å²) in [4.78, 5) is 31.3. The van der Waals surface area contributed by atoms with Crippen LogP contribution in [-0.4, -0.2) is 73.4 Å². The third-order valence-electron chi connectivity index (χ3n) is 5.97. The van der Waals surface area contributed by atoms with Crippen LogP contribution in [0, 0.1) is 5.92 Å². The van der Waals surface area contributed by atoms with Crippen molar-refractivity contribution in [2.75, 3.05) is 46.9 Å². The molecule has 0 bridgehead atoms. The normalized spacial score (nSPS) is 18.7. The molecule has 28 heavy (non-hydrogen) atoms. The van der Waals surface area contributed by atoms with Crippen LogP contribution in [0.1, 0.15) is 37.7 Å². The van der Waals surface area contributed by atoms with Crippen LogP contribution in [0.4, 0.5) is 0 Å². The van der Waals surface area contributed by atoms with E-state index in [1.165, 1.54) is 6.42 Å². The summed E-state index contributed by atoms with van der Waals surface area (Å²) in [5, 5.41) is 0. The molecule has 0 radical (unpaired) electrons. The molecule has 2 fully saturated rings. The van der Waals surface area contributed by atoms with Crippen molar-refractivity contribution in [2.45, 2.75) is 38.6 Å². The number of benzene rings is 1. The van der Waals surface area contributed by atoms with E-state index in [2.05, 4.69) is 9.80 Å². The van der Waals surface area contributed by atoms with Crippen molar-refractivity contribution >= 4 is 11.8 Å². The summed E-state index contributed by atoms with van der Waals surface area (Å²) in [6.07, 6.45) is 5.25. The zero-order valence-corrected chi connectivity index (χ0v) is 17.2. The van der Waals surface area contributed by atoms with E-state index in [9.17, 15) is 9.59 Å². The van der Waals surface area contributed by atoms with E-state index in [-0.39, 0.29) is 11.8 Å². The van der Waals surface area contributed by atoms with Gasteiger partial charge in [-0.1, -0.05) is 12.1 Å². The van der Waals surface area contributed by atoms with Gasteiger partial charge in [-0.25, -0.2) is 0 Å². The molecule has 6 nitrogen and oxygen atoms in total. The smallest absolute Gasteiger partial charge is 0.236 e. The van der Waals surface area contributed by atoms with E-state index in [0.29, 0.717) is 19.0 Å². The second-order valence-corrected chi connectivity index (χ2v) is 8.03. The summed E-state index contributed by atoms with van der Waals surface area (Å²) in [5.74, 6) is 1.42. The van der Waals surface area contributed by atoms with Crippen LogP contribution in [0.15, 0.2) is 24.3 Å². The van der Waals surface area contributed by atoms with E-state index in [4.69, 9.17) is 4.74 Å². The third kappa shape index (κ3) is 5.47. The van der Waals surface area contributed by atoms with Gasteiger partial charge in [-0.2, -0.15) is 0 Å². The van der Waals surface area contributed by atoms with Crippen molar-refractivity contribution in [1.82, 2.24) is 14.7 Å². The van der Waals surface area contributed by atoms with E-state index in [0.717, 1.165) is 63.2 Å². The van der Waals surface area contributed by atoms with Crippen LogP contribution >= 0.6 is 0 Å². The largest absolute Gasteiger partial charge is 0.497 e. The van der Waals surface area contributed by atoms with Crippen molar-refractivity contribution in [3.63, 3.8) is 0 Å². The lowest BCUT2D eigenvalue weighted by Gasteiger charge is -2.35. The maximum absolute atomic E-state index is 12.7. The maximum atomic E-state index is 12.7. The van der Waals surface area contributed by atoms with Crippen LogP contribution in [-0.2, 0) is 16.1 Å². The Balaban J connectivity index is 1.41. The van der Waals surface area contributed by atoms with E-state index in [1.807, 2.05) is 31.3 Å². The van der Waals surface area contributed by atoms with Gasteiger partial charge < -0.3 is 14.5 Å². The molecule has 1 aromatic rings. The number of likely N-dealkylation sites (tertiary alicyclic amines) is 2. The zero-order valence-electron chi connectivity index (χ0n) is 17.2. The first-order chi connectivity index (χ1) is 13.6. The number of rotatable bonds is 6. The van der Waals surface area contributed by atoms with Crippen LogP contribution in [0.3, 0.4) is 0 Å². The van der Waals surface area contributed by atoms with Crippen molar-refractivity contribution in [1.29, 1.82) is 0 Å². The van der Waals surface area contributed by atoms with E-state index < -0.39 is 0 Å². The Kier molecular flexibility index (Phi) is 7.31. The molecule has 2 aliphatic rings. The minimum Gasteiger partial charge on any atom is -0.497 e. The number of amides is 2. The number of piperidine rings is 2. The van der Waals surface area contributed by atoms with Crippen LogP contribution in [0.2, 0.25) is 0 Å². The summed E-state index contributed by atoms with van der Waals surface area (Å²) in [6, 6.07) is 7.80. The number of methoxy groups -OCH3 is 1. The minimum atomic E-state index is 0.122. The standard InChI is InChI=1S/C22H33N3O3/c1-23(16-18-6-8-20(28-2)9-7-18)21(26)17-24-14-10-19(11-15-24)22(27)25-12-4-3-5-13-25/h6-9,19H,3-5,10-17H2,1-2H3. The van der Waals surface area contributed by atoms with Gasteiger partial charge in [-0.05, 0) is 62.9 Å². The van der Waals surface area contributed by atoms with Crippen LogP contribution in [0.5, 0.6) is 5.75 Å². The Labute approximate surface area is 168 Å². The van der Waals surface area contributed by atoms with E-state index >= 15 is 0 Å². The van der Waals surface area contributed by atoms with E-state index in [1.54, 1.807) is 12.0 Å². The van der Waals surface area contributed by atoms with Crippen LogP contribution in [0.25, 0.3) is 0 Å². The number of carbonyl (C=O) groups excluding carboxylic acids is 2. The molecule has 3 rings (SSSR count). The molecule has 2 amide bonds. The van der Waals surface area contributed by atoms with Gasteiger partial charge in [-0.15, -0.1) is 0 Å². The first kappa shape index (κ1) is 20.6. The summed E-state index contributed by atoms with van der Waals surface area (Å²) in [5.41, 5.74) is 1.09. The molecule has 2 saturated heterocycles. The predicted molar refractivity (Wildman–Crippen MR) is 109 cm³/mol. The number of ether oxygens (including phenoxy) is 1. The fraction of sp³-hybridized carbons (Fsp3) is 0.636. The van der Waals surface area contributed by atoms with Gasteiger partial charge >= 0.3 is 0 Å². The van der Waals surface area contributed by atoms with Gasteiger partial charge in [-0.3, -0.25) is 14.5 Å². The lowest BCUT2D eigenvalue weighted by molar-refractivity contribution is -0.138. The molecule has 0 atom stereocenters. The molecule has 2 heterocycles. The highest BCUT2D eigenvalue weighted by Crippen LogP contribution is 2.22. The molecule has 0 saturated carbocycles. The van der Waals surface area contributed by atoms with Gasteiger partial charge in [0.1, 0.15) is 5.75 Å². The average Bonchev–Trinajstić information content (AvgIpc) is 2.75. The number of nitrogens with zero attached hydrogens (tertiary/aromatic N) is 3. The number of hydrogen-bond donors (Lipinski definition) is 0. The molecular weight excluding hydrogens is 354 g/mol. The van der Waals surface area contributed by atoms with Gasteiger partial charge in [0.15, 0.2) is 0 Å². The highest BCUT2D eigenvalue weighted by atomic mass is 16.5. The predicted octanol–water partition coefficient (Wildman–Crippen LogP) is 2.38. The molecule has 0 spiro atoms. The summed E-state index contributed by atoms with van der Waals surface area (Å²) in [6.45, 7) is 4.52. The zero-order chi connectivity index (χ0) is 19.9. The minimum absolute atomic E-state index is 0.122. The topological polar surface area (TPSA) is 53.1 Å². The van der Waals surface area contributed by atoms with Gasteiger partial charge in [0.25, 0.3) is 0 Å². The molecule has 2 aliphatic heterocycles. The molecular formula is C22H33N3O3. The van der Waals surface area contributed by atoms with Crippen molar-refractivity contribution in [3.05, 3.63) is 29.8 Å². The lowest BCUT2D eigenvalue weighted by Crippen LogP contribution is -2.46. The number of carbonyl (C=O) groups is 2. The Hall–Kier alpha value is -2.08. The SMILES string of the molecule is COc1ccc(CN(C)C(=O)CN2CCC(C(=O)N3CCCCC3)CC2)cc1. The molecule has 0 unspecified atom stereocenters. The highest BCUT2D eigenvalue weighted by molar-refractivity contribution is 5.79. The van der Waals surface area contributed by atoms with Gasteiger partial charge in [0.05, 0.1) is 13.7 Å². The molecule has 154 valence electrons. The second kappa shape index (κ2) is 9.92. The lowest BCUT2D eigenvalue weighted by atomic mass is 9.94. The Morgan fingerprint density at radius 2 is 1.68 bits per heavy atom. The quantitative estimate of drug-likeness (QED) is 0.752. The van der Waals surface area contributed by atoms with Crippen LogP contribution < -0.4 is 4.74 Å². The monoisotopic (exact) mass is 387 g/mol. The Morgan fingerprint density at radius 3 is 2.29 bits per heavy atom. The highest BCUT2D eigenvalue weighted by Gasteiger charge is 2.30. The fourth-order valence-electron chi connectivity index (χ4n) is 4.12. The molecule has 1 aromatic carbocycles. The third-order valence-corrected chi connectivity index (χ3v) is 5.97. The Morgan fingerprint density at radius 1 is 1.04 bits per heavy atom. The first-order valence-electron chi connectivity index (χ1n) is 10.4. The number of hydrogen-bond acceptors (Lipinski definition) is 4. The van der Waals surface area contributed by atoms with Gasteiger partial charge in [0, 0.05) is 32.6 Å². The molecule has 0 aliphatic carbocycles. The summed E-state index contributed by atoms with van der Waals surface area (Å²) in [7, 11) is 3.49. The first-order valence-corrected chi connectivity index (χ1v) is 10.4. The summed E-state index contributed by atoms with van der Waals surface area (Å²) >= 11 is 0. The maximum Gasteiger partial charge on any atom is 0.236 e. The average molecular weight is 388 g/mol. The van der Waals surface area contributed by atoms with Gasteiger partial charge in [0.2, 0.25) is 11.8 Å². The fourth-order valence-corrected chi connectivity index (χ4v) is 4.12. The molecule has 0 N–H and O–H groups in total. The molecule has 0 aromatic heterocycles. The van der Waals surface area contributed by atoms with Crippen molar-refractivity contribution in [2.24, 2.45) is 5.92 Å². The summed E-state index contributed by atoms with van der Waals surface area (Å²) < 4.78 is 5.17.